The number of rotatable bonds is 7. The van der Waals surface area contributed by atoms with Crippen molar-refractivity contribution in [3.63, 3.8) is 0 Å². The van der Waals surface area contributed by atoms with E-state index >= 15 is 0 Å². The number of esters is 1. The molecule has 34 heavy (non-hydrogen) atoms. The standard InChI is InChI=1S/C13H20O4.C13H24O4/c1-6-7-13(5)8(2)9-10(11(14)17-13)16-12(3,4)15-9;1-6-7-13(5,15)9(2)11-10(8-14)16-12(3,4)17-11/h6,8-10H,1,7H2,2-5H3;6,9-11,14-15H,1,7-8H2,2-5H3/t8-,9-,10-,13+;9-,10+,11-,13+/m11/s1. The monoisotopic (exact) mass is 484 g/mol. The van der Waals surface area contributed by atoms with E-state index in [0.29, 0.717) is 12.8 Å². The summed E-state index contributed by atoms with van der Waals surface area (Å²) in [7, 11) is 0. The molecule has 8 heteroatoms. The first-order valence-corrected chi connectivity index (χ1v) is 12.0. The average molecular weight is 485 g/mol. The first-order valence-electron chi connectivity index (χ1n) is 12.0. The Bertz CT molecular complexity index is 745. The van der Waals surface area contributed by atoms with Crippen molar-refractivity contribution < 1.29 is 38.7 Å². The Hall–Kier alpha value is -1.29. The summed E-state index contributed by atoms with van der Waals surface area (Å²) >= 11 is 0. The molecule has 0 spiro atoms. The van der Waals surface area contributed by atoms with Crippen molar-refractivity contribution in [1.82, 2.24) is 0 Å². The molecule has 8 atom stereocenters. The van der Waals surface area contributed by atoms with Crippen LogP contribution in [-0.4, -0.2) is 70.0 Å². The highest BCUT2D eigenvalue weighted by atomic mass is 16.8. The first kappa shape index (κ1) is 28.9. The van der Waals surface area contributed by atoms with Crippen LogP contribution in [0.5, 0.6) is 0 Å². The van der Waals surface area contributed by atoms with Gasteiger partial charge >= 0.3 is 5.97 Å². The fourth-order valence-electron chi connectivity index (χ4n) is 4.84. The Kier molecular flexibility index (Phi) is 8.83. The van der Waals surface area contributed by atoms with Gasteiger partial charge in [-0.25, -0.2) is 4.79 Å². The maximum absolute atomic E-state index is 11.9. The van der Waals surface area contributed by atoms with Crippen molar-refractivity contribution in [3.8, 4) is 0 Å². The molecule has 3 aliphatic heterocycles. The molecule has 0 bridgehead atoms. The third-order valence-electron chi connectivity index (χ3n) is 7.13. The fourth-order valence-corrected chi connectivity index (χ4v) is 4.84. The van der Waals surface area contributed by atoms with Crippen molar-refractivity contribution in [3.05, 3.63) is 25.3 Å². The maximum Gasteiger partial charge on any atom is 0.338 e. The average Bonchev–Trinajstić information content (AvgIpc) is 3.21. The third kappa shape index (κ3) is 6.28. The molecule has 0 radical (unpaired) electrons. The van der Waals surface area contributed by atoms with Gasteiger partial charge < -0.3 is 33.9 Å². The van der Waals surface area contributed by atoms with E-state index < -0.39 is 35.0 Å². The van der Waals surface area contributed by atoms with E-state index in [4.69, 9.17) is 23.7 Å². The zero-order chi connectivity index (χ0) is 26.1. The predicted octanol–water partition coefficient (Wildman–Crippen LogP) is 3.50. The van der Waals surface area contributed by atoms with Gasteiger partial charge in [0.15, 0.2) is 17.7 Å². The number of ether oxygens (including phenoxy) is 5. The molecule has 0 saturated carbocycles. The molecular formula is C26H44O8. The van der Waals surface area contributed by atoms with Crippen LogP contribution < -0.4 is 0 Å². The van der Waals surface area contributed by atoms with Crippen LogP contribution in [0, 0.1) is 11.8 Å². The molecule has 3 saturated heterocycles. The molecule has 0 aliphatic carbocycles. The summed E-state index contributed by atoms with van der Waals surface area (Å²) in [6.07, 6.45) is 3.01. The molecule has 0 aromatic carbocycles. The van der Waals surface area contributed by atoms with Crippen molar-refractivity contribution in [2.24, 2.45) is 11.8 Å². The Morgan fingerprint density at radius 3 is 2.18 bits per heavy atom. The van der Waals surface area contributed by atoms with E-state index in [1.165, 1.54) is 0 Å². The number of cyclic esters (lactones) is 1. The highest BCUT2D eigenvalue weighted by molar-refractivity contribution is 5.77. The minimum atomic E-state index is -0.913. The van der Waals surface area contributed by atoms with Gasteiger partial charge in [0.05, 0.1) is 18.3 Å². The minimum absolute atomic E-state index is 0.0741. The van der Waals surface area contributed by atoms with E-state index in [1.807, 2.05) is 48.5 Å². The summed E-state index contributed by atoms with van der Waals surface area (Å²) in [4.78, 5) is 11.9. The van der Waals surface area contributed by atoms with Gasteiger partial charge in [0.1, 0.15) is 17.8 Å². The fraction of sp³-hybridized carbons (Fsp3) is 0.808. The van der Waals surface area contributed by atoms with Crippen LogP contribution in [0.2, 0.25) is 0 Å². The summed E-state index contributed by atoms with van der Waals surface area (Å²) in [5.74, 6) is -1.84. The summed E-state index contributed by atoms with van der Waals surface area (Å²) in [5, 5.41) is 19.6. The van der Waals surface area contributed by atoms with E-state index in [2.05, 4.69) is 13.2 Å². The van der Waals surface area contributed by atoms with Gasteiger partial charge in [-0.1, -0.05) is 26.0 Å². The summed E-state index contributed by atoms with van der Waals surface area (Å²) in [6, 6.07) is 0. The predicted molar refractivity (Wildman–Crippen MR) is 128 cm³/mol. The van der Waals surface area contributed by atoms with E-state index in [-0.39, 0.29) is 36.6 Å². The Morgan fingerprint density at radius 2 is 1.65 bits per heavy atom. The number of aliphatic hydroxyl groups is 2. The molecule has 2 N–H and O–H groups in total. The number of hydrogen-bond acceptors (Lipinski definition) is 8. The van der Waals surface area contributed by atoms with Crippen LogP contribution in [0.3, 0.4) is 0 Å². The van der Waals surface area contributed by atoms with E-state index in [0.717, 1.165) is 0 Å². The maximum atomic E-state index is 11.9. The summed E-state index contributed by atoms with van der Waals surface area (Å²) in [6.45, 7) is 22.1. The van der Waals surface area contributed by atoms with Crippen molar-refractivity contribution in [1.29, 1.82) is 0 Å². The lowest BCUT2D eigenvalue weighted by atomic mass is 9.79. The number of carbonyl (C=O) groups is 1. The van der Waals surface area contributed by atoms with Crippen LogP contribution >= 0.6 is 0 Å². The molecule has 0 amide bonds. The van der Waals surface area contributed by atoms with Gasteiger partial charge in [-0.3, -0.25) is 0 Å². The SMILES string of the molecule is C=CC[C@](C)(O)[C@H](C)[C@H]1OC(C)(C)O[C@H]1CO.C=CC[C@]1(C)OC(=O)[C@@H]2OC(C)(C)O[C@@H]2[C@H]1C. The number of carbonyl (C=O) groups excluding carboxylic acids is 1. The van der Waals surface area contributed by atoms with Gasteiger partial charge in [0, 0.05) is 18.3 Å². The third-order valence-corrected chi connectivity index (χ3v) is 7.13. The zero-order valence-corrected chi connectivity index (χ0v) is 22.0. The minimum Gasteiger partial charge on any atom is -0.457 e. The smallest absolute Gasteiger partial charge is 0.338 e. The van der Waals surface area contributed by atoms with Gasteiger partial charge in [0.2, 0.25) is 0 Å². The number of aliphatic hydroxyl groups excluding tert-OH is 1. The number of hydrogen-bond donors (Lipinski definition) is 2. The lowest BCUT2D eigenvalue weighted by molar-refractivity contribution is -0.193. The van der Waals surface area contributed by atoms with Crippen molar-refractivity contribution >= 4 is 5.97 Å². The van der Waals surface area contributed by atoms with Crippen LogP contribution in [-0.2, 0) is 28.5 Å². The highest BCUT2D eigenvalue weighted by Crippen LogP contribution is 2.43. The molecule has 3 aliphatic rings. The normalized spacial score (nSPS) is 38.5. The number of fused-ring (bicyclic) bond motifs is 1. The lowest BCUT2D eigenvalue weighted by Crippen LogP contribution is -2.55. The Balaban J connectivity index is 0.000000240. The summed E-state index contributed by atoms with van der Waals surface area (Å²) in [5.41, 5.74) is -1.46. The summed E-state index contributed by atoms with van der Waals surface area (Å²) < 4.78 is 28.3. The van der Waals surface area contributed by atoms with Crippen LogP contribution in [0.4, 0.5) is 0 Å². The lowest BCUT2D eigenvalue weighted by Gasteiger charge is -2.42. The second-order valence-corrected chi connectivity index (χ2v) is 11.0. The van der Waals surface area contributed by atoms with Crippen LogP contribution in [0.1, 0.15) is 68.2 Å². The van der Waals surface area contributed by atoms with Crippen LogP contribution in [0.15, 0.2) is 25.3 Å². The van der Waals surface area contributed by atoms with Gasteiger partial charge in [-0.05, 0) is 48.0 Å². The van der Waals surface area contributed by atoms with Crippen molar-refractivity contribution in [2.45, 2.75) is 115 Å². The van der Waals surface area contributed by atoms with Gasteiger partial charge in [-0.2, -0.15) is 0 Å². The molecule has 8 nitrogen and oxygen atoms in total. The molecule has 3 rings (SSSR count). The van der Waals surface area contributed by atoms with Gasteiger partial charge in [-0.15, -0.1) is 13.2 Å². The topological polar surface area (TPSA) is 104 Å². The van der Waals surface area contributed by atoms with Crippen LogP contribution in [0.25, 0.3) is 0 Å². The molecule has 0 unspecified atom stereocenters. The van der Waals surface area contributed by atoms with Gasteiger partial charge in [0.25, 0.3) is 0 Å². The molecule has 3 heterocycles. The van der Waals surface area contributed by atoms with E-state index in [9.17, 15) is 15.0 Å². The Morgan fingerprint density at radius 1 is 1.06 bits per heavy atom. The molecule has 0 aromatic heterocycles. The second kappa shape index (κ2) is 10.4. The molecular weight excluding hydrogens is 440 g/mol. The highest BCUT2D eigenvalue weighted by Gasteiger charge is 2.57. The molecule has 3 fully saturated rings. The quantitative estimate of drug-likeness (QED) is 0.418. The first-order chi connectivity index (χ1) is 15.5. The molecule has 0 aromatic rings. The zero-order valence-electron chi connectivity index (χ0n) is 22.0. The largest absolute Gasteiger partial charge is 0.457 e. The second-order valence-electron chi connectivity index (χ2n) is 11.0. The molecule has 196 valence electrons. The van der Waals surface area contributed by atoms with E-state index in [1.54, 1.807) is 19.1 Å². The Labute approximate surface area is 204 Å². The van der Waals surface area contributed by atoms with Crippen molar-refractivity contribution in [2.75, 3.05) is 6.61 Å².